The molecule has 0 radical (unpaired) electrons. The maximum atomic E-state index is 4.18. The number of nitrogens with zero attached hydrogens (tertiary/aromatic N) is 1. The summed E-state index contributed by atoms with van der Waals surface area (Å²) in [5.74, 6) is 0. The molecule has 2 rings (SSSR count). The summed E-state index contributed by atoms with van der Waals surface area (Å²) in [4.78, 5) is 2.39. The van der Waals surface area contributed by atoms with Crippen molar-refractivity contribution in [2.24, 2.45) is 0 Å². The monoisotopic (exact) mass is 187 g/mol. The molecule has 1 heteroatoms. The number of benzene rings is 1. The summed E-state index contributed by atoms with van der Waals surface area (Å²) in [7, 11) is 0. The molecule has 0 unspecified atom stereocenters. The Morgan fingerprint density at radius 2 is 2.14 bits per heavy atom. The zero-order valence-electron chi connectivity index (χ0n) is 8.79. The number of rotatable bonds is 2. The highest BCUT2D eigenvalue weighted by atomic mass is 15.1. The Hall–Kier alpha value is -1.24. The van der Waals surface area contributed by atoms with Crippen LogP contribution in [0, 0.1) is 0 Å². The van der Waals surface area contributed by atoms with Crippen molar-refractivity contribution in [2.75, 3.05) is 13.1 Å². The Kier molecular flexibility index (Phi) is 2.58. The maximum absolute atomic E-state index is 4.18. The average Bonchev–Trinajstić information content (AvgIpc) is 2.23. The number of hydrogen-bond acceptors (Lipinski definition) is 1. The lowest BCUT2D eigenvalue weighted by Gasteiger charge is -2.32. The van der Waals surface area contributed by atoms with E-state index < -0.39 is 0 Å². The molecule has 0 atom stereocenters. The van der Waals surface area contributed by atoms with Gasteiger partial charge in [-0.15, -0.1) is 0 Å². The van der Waals surface area contributed by atoms with Crippen molar-refractivity contribution in [3.63, 3.8) is 0 Å². The van der Waals surface area contributed by atoms with Gasteiger partial charge in [-0.2, -0.15) is 0 Å². The van der Waals surface area contributed by atoms with Gasteiger partial charge in [0, 0.05) is 24.4 Å². The van der Waals surface area contributed by atoms with Gasteiger partial charge in [-0.25, -0.2) is 0 Å². The summed E-state index contributed by atoms with van der Waals surface area (Å²) in [6.45, 7) is 8.66. The molecule has 0 aliphatic carbocycles. The van der Waals surface area contributed by atoms with E-state index >= 15 is 0 Å². The smallest absolute Gasteiger partial charge is 0.0369 e. The summed E-state index contributed by atoms with van der Waals surface area (Å²) >= 11 is 0. The standard InChI is InChI=1S/C13H17N/c1-3-9-14-10-8-12-6-4-5-7-13(12)11(14)2/h4-7H,2-3,8-10H2,1H3. The van der Waals surface area contributed by atoms with E-state index in [9.17, 15) is 0 Å². The second-order valence-electron chi connectivity index (χ2n) is 3.84. The van der Waals surface area contributed by atoms with Gasteiger partial charge in [0.15, 0.2) is 0 Å². The van der Waals surface area contributed by atoms with Crippen LogP contribution >= 0.6 is 0 Å². The molecule has 1 aromatic rings. The van der Waals surface area contributed by atoms with Crippen LogP contribution in [0.25, 0.3) is 5.70 Å². The van der Waals surface area contributed by atoms with Gasteiger partial charge in [0.05, 0.1) is 0 Å². The van der Waals surface area contributed by atoms with Crippen molar-refractivity contribution in [1.29, 1.82) is 0 Å². The van der Waals surface area contributed by atoms with Crippen LogP contribution in [0.4, 0.5) is 0 Å². The van der Waals surface area contributed by atoms with Gasteiger partial charge in [-0.3, -0.25) is 0 Å². The van der Waals surface area contributed by atoms with Gasteiger partial charge in [0.25, 0.3) is 0 Å². The first kappa shape index (κ1) is 9.32. The van der Waals surface area contributed by atoms with Crippen LogP contribution in [0.5, 0.6) is 0 Å². The summed E-state index contributed by atoms with van der Waals surface area (Å²) in [5.41, 5.74) is 3.99. The van der Waals surface area contributed by atoms with Crippen molar-refractivity contribution < 1.29 is 0 Å². The van der Waals surface area contributed by atoms with Gasteiger partial charge in [-0.05, 0) is 18.4 Å². The minimum absolute atomic E-state index is 1.13. The third-order valence-corrected chi connectivity index (χ3v) is 2.85. The molecule has 1 nitrogen and oxygen atoms in total. The Labute approximate surface area is 86.1 Å². The lowest BCUT2D eigenvalue weighted by Crippen LogP contribution is -2.29. The van der Waals surface area contributed by atoms with E-state index in [4.69, 9.17) is 0 Å². The topological polar surface area (TPSA) is 3.24 Å². The van der Waals surface area contributed by atoms with E-state index in [2.05, 4.69) is 42.7 Å². The van der Waals surface area contributed by atoms with Gasteiger partial charge < -0.3 is 4.90 Å². The van der Waals surface area contributed by atoms with Crippen molar-refractivity contribution in [3.8, 4) is 0 Å². The molecule has 0 N–H and O–H groups in total. The summed E-state index contributed by atoms with van der Waals surface area (Å²) in [6.07, 6.45) is 2.36. The second kappa shape index (κ2) is 3.87. The first-order valence-electron chi connectivity index (χ1n) is 5.35. The minimum Gasteiger partial charge on any atom is -0.371 e. The summed E-state index contributed by atoms with van der Waals surface area (Å²) < 4.78 is 0. The van der Waals surface area contributed by atoms with Crippen LogP contribution in [0.2, 0.25) is 0 Å². The van der Waals surface area contributed by atoms with Crippen LogP contribution < -0.4 is 0 Å². The fourth-order valence-corrected chi connectivity index (χ4v) is 2.10. The van der Waals surface area contributed by atoms with E-state index in [1.165, 1.54) is 23.2 Å². The Morgan fingerprint density at radius 3 is 2.93 bits per heavy atom. The van der Waals surface area contributed by atoms with E-state index in [0.717, 1.165) is 19.5 Å². The summed E-state index contributed by atoms with van der Waals surface area (Å²) in [6, 6.07) is 8.60. The van der Waals surface area contributed by atoms with Crippen LogP contribution in [0.1, 0.15) is 24.5 Å². The lowest BCUT2D eigenvalue weighted by molar-refractivity contribution is 0.390. The van der Waals surface area contributed by atoms with Crippen LogP contribution in [0.3, 0.4) is 0 Å². The molecular formula is C13H17N. The molecule has 1 heterocycles. The van der Waals surface area contributed by atoms with Crippen molar-refractivity contribution in [2.45, 2.75) is 19.8 Å². The first-order valence-corrected chi connectivity index (χ1v) is 5.35. The van der Waals surface area contributed by atoms with E-state index in [0.29, 0.717) is 0 Å². The molecule has 1 aliphatic heterocycles. The normalized spacial score (nSPS) is 15.5. The first-order chi connectivity index (χ1) is 6.83. The van der Waals surface area contributed by atoms with Crippen LogP contribution in [0.15, 0.2) is 30.8 Å². The quantitative estimate of drug-likeness (QED) is 0.688. The largest absolute Gasteiger partial charge is 0.371 e. The highest BCUT2D eigenvalue weighted by Crippen LogP contribution is 2.26. The molecule has 0 aromatic heterocycles. The highest BCUT2D eigenvalue weighted by Gasteiger charge is 2.17. The van der Waals surface area contributed by atoms with E-state index in [1.807, 2.05) is 0 Å². The summed E-state index contributed by atoms with van der Waals surface area (Å²) in [5, 5.41) is 0. The fourth-order valence-electron chi connectivity index (χ4n) is 2.10. The molecular weight excluding hydrogens is 170 g/mol. The highest BCUT2D eigenvalue weighted by molar-refractivity contribution is 5.66. The van der Waals surface area contributed by atoms with Gasteiger partial charge in [0.1, 0.15) is 0 Å². The Morgan fingerprint density at radius 1 is 1.36 bits per heavy atom. The lowest BCUT2D eigenvalue weighted by atomic mass is 9.97. The van der Waals surface area contributed by atoms with Gasteiger partial charge >= 0.3 is 0 Å². The van der Waals surface area contributed by atoms with Crippen molar-refractivity contribution in [1.82, 2.24) is 4.90 Å². The molecule has 0 amide bonds. The molecule has 0 saturated carbocycles. The number of hydrogen-bond donors (Lipinski definition) is 0. The van der Waals surface area contributed by atoms with Gasteiger partial charge in [0.2, 0.25) is 0 Å². The van der Waals surface area contributed by atoms with Gasteiger partial charge in [-0.1, -0.05) is 37.8 Å². The van der Waals surface area contributed by atoms with E-state index in [1.54, 1.807) is 0 Å². The van der Waals surface area contributed by atoms with Crippen LogP contribution in [-0.2, 0) is 6.42 Å². The molecule has 14 heavy (non-hydrogen) atoms. The SMILES string of the molecule is C=C1c2ccccc2CCN1CCC. The van der Waals surface area contributed by atoms with E-state index in [-0.39, 0.29) is 0 Å². The second-order valence-corrected chi connectivity index (χ2v) is 3.84. The van der Waals surface area contributed by atoms with Crippen LogP contribution in [-0.4, -0.2) is 18.0 Å². The predicted octanol–water partition coefficient (Wildman–Crippen LogP) is 2.93. The molecule has 0 spiro atoms. The molecule has 1 aromatic carbocycles. The minimum atomic E-state index is 1.13. The maximum Gasteiger partial charge on any atom is 0.0369 e. The van der Waals surface area contributed by atoms with Crippen molar-refractivity contribution >= 4 is 5.70 Å². The zero-order chi connectivity index (χ0) is 9.97. The Balaban J connectivity index is 2.27. The average molecular weight is 187 g/mol. The number of fused-ring (bicyclic) bond motifs is 1. The molecule has 0 bridgehead atoms. The molecule has 0 fully saturated rings. The third kappa shape index (κ3) is 1.54. The Bertz CT molecular complexity index is 341. The molecule has 0 saturated heterocycles. The molecule has 74 valence electrons. The molecule has 1 aliphatic rings. The van der Waals surface area contributed by atoms with Crippen molar-refractivity contribution in [3.05, 3.63) is 42.0 Å². The predicted molar refractivity (Wildman–Crippen MR) is 61.0 cm³/mol. The zero-order valence-corrected chi connectivity index (χ0v) is 8.79. The fraction of sp³-hybridized carbons (Fsp3) is 0.385. The third-order valence-electron chi connectivity index (χ3n) is 2.85.